The van der Waals surface area contributed by atoms with Crippen molar-refractivity contribution in [3.8, 4) is 0 Å². The van der Waals surface area contributed by atoms with Gasteiger partial charge in [0.25, 0.3) is 5.91 Å². The number of nitrogens with zero attached hydrogens (tertiary/aromatic N) is 4. The first kappa shape index (κ1) is 17.4. The molecule has 0 aliphatic carbocycles. The molecule has 3 fully saturated rings. The van der Waals surface area contributed by atoms with Crippen LogP contribution < -0.4 is 0 Å². The van der Waals surface area contributed by atoms with Gasteiger partial charge < -0.3 is 14.9 Å². The molecule has 0 aromatic carbocycles. The van der Waals surface area contributed by atoms with E-state index in [1.165, 1.54) is 0 Å². The van der Waals surface area contributed by atoms with Gasteiger partial charge in [-0.15, -0.1) is 0 Å². The van der Waals surface area contributed by atoms with Crippen LogP contribution in [0.3, 0.4) is 0 Å². The Morgan fingerprint density at radius 1 is 1.23 bits per heavy atom. The van der Waals surface area contributed by atoms with E-state index in [0.29, 0.717) is 44.7 Å². The Labute approximate surface area is 153 Å². The van der Waals surface area contributed by atoms with E-state index in [9.17, 15) is 14.7 Å². The minimum Gasteiger partial charge on any atom is -0.392 e. The highest BCUT2D eigenvalue weighted by Crippen LogP contribution is 2.39. The van der Waals surface area contributed by atoms with Gasteiger partial charge >= 0.3 is 0 Å². The van der Waals surface area contributed by atoms with Gasteiger partial charge in [-0.2, -0.15) is 0 Å². The minimum atomic E-state index is -0.361. The summed E-state index contributed by atoms with van der Waals surface area (Å²) in [6.45, 7) is 6.91. The maximum absolute atomic E-state index is 12.9. The van der Waals surface area contributed by atoms with Crippen LogP contribution in [0.4, 0.5) is 0 Å². The van der Waals surface area contributed by atoms with Gasteiger partial charge in [-0.1, -0.05) is 13.8 Å². The lowest BCUT2D eigenvalue weighted by Crippen LogP contribution is -2.79. The molecule has 2 atom stereocenters. The van der Waals surface area contributed by atoms with Crippen molar-refractivity contribution < 1.29 is 14.7 Å². The predicted molar refractivity (Wildman–Crippen MR) is 95.4 cm³/mol. The van der Waals surface area contributed by atoms with Crippen LogP contribution in [-0.4, -0.2) is 87.0 Å². The minimum absolute atomic E-state index is 0.0212. The van der Waals surface area contributed by atoms with E-state index in [1.807, 2.05) is 23.6 Å². The third-order valence-corrected chi connectivity index (χ3v) is 5.89. The predicted octanol–water partition coefficient (Wildman–Crippen LogP) is 0.210. The molecule has 2 amide bonds. The van der Waals surface area contributed by atoms with Crippen molar-refractivity contribution in [2.24, 2.45) is 5.92 Å². The molecule has 7 heteroatoms. The number of fused-ring (bicyclic) bond motifs is 2. The topological polar surface area (TPSA) is 77.0 Å². The maximum Gasteiger partial charge on any atom is 0.255 e. The van der Waals surface area contributed by atoms with Crippen molar-refractivity contribution in [3.63, 3.8) is 0 Å². The number of likely N-dealkylation sites (tertiary alicyclic amines) is 1. The van der Waals surface area contributed by atoms with E-state index >= 15 is 0 Å². The lowest BCUT2D eigenvalue weighted by molar-refractivity contribution is -0.157. The molecule has 4 rings (SSSR count). The van der Waals surface area contributed by atoms with Gasteiger partial charge in [-0.25, -0.2) is 0 Å². The summed E-state index contributed by atoms with van der Waals surface area (Å²) in [5.74, 6) is 0.110. The third-order valence-electron chi connectivity index (χ3n) is 5.89. The number of hydrogen-bond donors (Lipinski definition) is 1. The molecule has 1 N–H and O–H groups in total. The summed E-state index contributed by atoms with van der Waals surface area (Å²) in [6.07, 6.45) is 3.57. The Morgan fingerprint density at radius 2 is 1.96 bits per heavy atom. The van der Waals surface area contributed by atoms with Crippen molar-refractivity contribution in [3.05, 3.63) is 30.1 Å². The number of amides is 2. The molecule has 26 heavy (non-hydrogen) atoms. The van der Waals surface area contributed by atoms with Gasteiger partial charge in [0.15, 0.2) is 0 Å². The van der Waals surface area contributed by atoms with Crippen LogP contribution in [0.5, 0.6) is 0 Å². The summed E-state index contributed by atoms with van der Waals surface area (Å²) >= 11 is 0. The average Bonchev–Trinajstić information content (AvgIpc) is 2.98. The highest BCUT2D eigenvalue weighted by atomic mass is 16.3. The molecule has 2 unspecified atom stereocenters. The van der Waals surface area contributed by atoms with Crippen LogP contribution >= 0.6 is 0 Å². The zero-order chi connectivity index (χ0) is 18.5. The van der Waals surface area contributed by atoms with Crippen molar-refractivity contribution in [1.82, 2.24) is 19.7 Å². The number of hydrogen-bond acceptors (Lipinski definition) is 5. The molecule has 4 heterocycles. The molecule has 3 aliphatic rings. The Kier molecular flexibility index (Phi) is 4.23. The van der Waals surface area contributed by atoms with Crippen molar-refractivity contribution in [2.75, 3.05) is 32.7 Å². The second-order valence-electron chi connectivity index (χ2n) is 8.20. The van der Waals surface area contributed by atoms with E-state index < -0.39 is 0 Å². The fourth-order valence-corrected chi connectivity index (χ4v) is 4.70. The van der Waals surface area contributed by atoms with Crippen LogP contribution in [0.2, 0.25) is 0 Å². The Balaban J connectivity index is 1.55. The highest BCUT2D eigenvalue weighted by molar-refractivity contribution is 5.94. The third kappa shape index (κ3) is 2.79. The zero-order valence-electron chi connectivity index (χ0n) is 15.3. The maximum atomic E-state index is 12.9. The lowest BCUT2D eigenvalue weighted by Gasteiger charge is -2.61. The smallest absolute Gasteiger partial charge is 0.255 e. The number of carbonyl (C=O) groups is 2. The number of aliphatic hydroxyl groups excluding tert-OH is 1. The highest BCUT2D eigenvalue weighted by Gasteiger charge is 2.57. The van der Waals surface area contributed by atoms with Gasteiger partial charge in [0.2, 0.25) is 5.91 Å². The van der Waals surface area contributed by atoms with Gasteiger partial charge in [-0.3, -0.25) is 19.5 Å². The number of β-amino-alcohol motifs (C(OH)–C–C–N with tert-alkyl or cyclic N) is 1. The first-order valence-electron chi connectivity index (χ1n) is 9.32. The van der Waals surface area contributed by atoms with Crippen molar-refractivity contribution in [1.29, 1.82) is 0 Å². The van der Waals surface area contributed by atoms with E-state index in [-0.39, 0.29) is 35.4 Å². The molecular formula is C19H26N4O3. The number of aliphatic hydroxyl groups is 1. The molecule has 7 nitrogen and oxygen atoms in total. The Hall–Kier alpha value is -1.99. The molecule has 3 saturated heterocycles. The summed E-state index contributed by atoms with van der Waals surface area (Å²) in [5.41, 5.74) is 0.354. The van der Waals surface area contributed by atoms with Crippen LogP contribution in [0.1, 0.15) is 30.6 Å². The Morgan fingerprint density at radius 3 is 2.62 bits per heavy atom. The molecular weight excluding hydrogens is 332 g/mol. The van der Waals surface area contributed by atoms with Crippen LogP contribution in [-0.2, 0) is 4.79 Å². The fourth-order valence-electron chi connectivity index (χ4n) is 4.70. The summed E-state index contributed by atoms with van der Waals surface area (Å²) in [7, 11) is 0. The van der Waals surface area contributed by atoms with E-state index in [4.69, 9.17) is 0 Å². The van der Waals surface area contributed by atoms with E-state index in [2.05, 4.69) is 9.88 Å². The normalized spacial score (nSPS) is 27.5. The largest absolute Gasteiger partial charge is 0.392 e. The van der Waals surface area contributed by atoms with Crippen molar-refractivity contribution in [2.45, 2.75) is 38.0 Å². The van der Waals surface area contributed by atoms with Gasteiger partial charge in [0, 0.05) is 57.1 Å². The van der Waals surface area contributed by atoms with Crippen LogP contribution in [0.15, 0.2) is 24.5 Å². The van der Waals surface area contributed by atoms with Gasteiger partial charge in [0.05, 0.1) is 17.2 Å². The van der Waals surface area contributed by atoms with Crippen LogP contribution in [0, 0.1) is 5.92 Å². The number of pyridine rings is 1. The molecule has 1 aromatic heterocycles. The van der Waals surface area contributed by atoms with Gasteiger partial charge in [0.1, 0.15) is 0 Å². The summed E-state index contributed by atoms with van der Waals surface area (Å²) < 4.78 is 0. The van der Waals surface area contributed by atoms with Crippen molar-refractivity contribution >= 4 is 11.8 Å². The summed E-state index contributed by atoms with van der Waals surface area (Å²) in [4.78, 5) is 35.4. The zero-order valence-corrected chi connectivity index (χ0v) is 15.3. The Bertz CT molecular complexity index is 702. The molecule has 0 radical (unpaired) electrons. The number of carbonyl (C=O) groups excluding carboxylic acids is 2. The molecule has 3 aliphatic heterocycles. The molecule has 1 spiro atoms. The van der Waals surface area contributed by atoms with Crippen LogP contribution in [0.25, 0.3) is 0 Å². The van der Waals surface area contributed by atoms with Gasteiger partial charge in [-0.05, 0) is 18.6 Å². The van der Waals surface area contributed by atoms with E-state index in [1.54, 1.807) is 24.5 Å². The van der Waals surface area contributed by atoms with E-state index in [0.717, 1.165) is 0 Å². The number of aromatic nitrogens is 1. The second-order valence-corrected chi connectivity index (χ2v) is 8.20. The summed E-state index contributed by atoms with van der Waals surface area (Å²) in [5, 5.41) is 10.2. The first-order chi connectivity index (χ1) is 12.4. The average molecular weight is 358 g/mol. The molecule has 0 saturated carbocycles. The number of piperazine rings is 1. The summed E-state index contributed by atoms with van der Waals surface area (Å²) in [6, 6.07) is 3.70. The SMILES string of the molecule is CC(C)C(=O)N1CC2(CN(C(=O)c3cccnc3)CC3CC(O)CN32)C1. The fraction of sp³-hybridized carbons (Fsp3) is 0.632. The standard InChI is InChI=1S/C19H26N4O3/c1-13(2)17(25)22-11-19(12-22)10-21(8-15-6-16(24)9-23(15)19)18(26)14-4-3-5-20-7-14/h3-5,7,13,15-16,24H,6,8-12H2,1-2H3. The number of rotatable bonds is 2. The molecule has 0 bridgehead atoms. The lowest BCUT2D eigenvalue weighted by atomic mass is 9.83. The molecule has 1 aromatic rings. The quantitative estimate of drug-likeness (QED) is 0.818. The monoisotopic (exact) mass is 358 g/mol. The first-order valence-corrected chi connectivity index (χ1v) is 9.32. The second kappa shape index (κ2) is 6.32. The molecule has 140 valence electrons.